The number of hydrogen-bond acceptors (Lipinski definition) is 6. The number of aliphatic hydroxyl groups is 2. The summed E-state index contributed by atoms with van der Waals surface area (Å²) in [6.07, 6.45) is -4.93. The maximum Gasteiger partial charge on any atom is 0.392 e. The van der Waals surface area contributed by atoms with E-state index in [1.807, 2.05) is 0 Å². The monoisotopic (exact) mass is 335 g/mol. The minimum atomic E-state index is -4.35. The summed E-state index contributed by atoms with van der Waals surface area (Å²) in [6, 6.07) is 0. The summed E-state index contributed by atoms with van der Waals surface area (Å²) < 4.78 is 42.8. The van der Waals surface area contributed by atoms with Crippen LogP contribution in [0, 0.1) is 0 Å². The highest BCUT2D eigenvalue weighted by Crippen LogP contribution is 2.28. The second-order valence-electron chi connectivity index (χ2n) is 5.11. The molecule has 128 valence electrons. The van der Waals surface area contributed by atoms with E-state index >= 15 is 0 Å². The molecule has 4 N–H and O–H groups in total. The van der Waals surface area contributed by atoms with E-state index in [1.54, 1.807) is 0 Å². The van der Waals surface area contributed by atoms with E-state index in [-0.39, 0.29) is 17.8 Å². The largest absolute Gasteiger partial charge is 0.394 e. The van der Waals surface area contributed by atoms with Gasteiger partial charge in [0.2, 0.25) is 0 Å². The number of hydrogen-bond donors (Lipinski definition) is 3. The molecule has 1 saturated heterocycles. The Balaban J connectivity index is 2.25. The first-order valence-corrected chi connectivity index (χ1v) is 6.77. The van der Waals surface area contributed by atoms with Crippen LogP contribution in [0.1, 0.15) is 24.6 Å². The van der Waals surface area contributed by atoms with E-state index < -0.39 is 43.3 Å². The summed E-state index contributed by atoms with van der Waals surface area (Å²) >= 11 is 0. The highest BCUT2D eigenvalue weighted by atomic mass is 19.4. The van der Waals surface area contributed by atoms with Crippen LogP contribution < -0.4 is 11.4 Å². The molecule has 10 heteroatoms. The Morgan fingerprint density at radius 1 is 1.52 bits per heavy atom. The summed E-state index contributed by atoms with van der Waals surface area (Å²) in [7, 11) is 0. The molecule has 2 rings (SSSR count). The van der Waals surface area contributed by atoms with E-state index in [2.05, 4.69) is 4.98 Å². The lowest BCUT2D eigenvalue weighted by molar-refractivity contribution is -0.124. The summed E-state index contributed by atoms with van der Waals surface area (Å²) in [5, 5.41) is 18.7. The lowest BCUT2D eigenvalue weighted by atomic mass is 10.2. The zero-order valence-corrected chi connectivity index (χ0v) is 11.9. The summed E-state index contributed by atoms with van der Waals surface area (Å²) in [5.41, 5.74) is 4.90. The first-order chi connectivity index (χ1) is 10.7. The van der Waals surface area contributed by atoms with Crippen LogP contribution in [-0.4, -0.2) is 44.8 Å². The average molecular weight is 335 g/mol. The molecule has 0 aromatic carbocycles. The summed E-state index contributed by atoms with van der Waals surface area (Å²) in [6.45, 7) is -0.423. The number of nitrogens with two attached hydrogens (primary N) is 1. The van der Waals surface area contributed by atoms with Gasteiger partial charge in [0.15, 0.2) is 0 Å². The van der Waals surface area contributed by atoms with Crippen molar-refractivity contribution in [2.24, 2.45) is 0 Å². The number of aromatic nitrogens is 2. The van der Waals surface area contributed by atoms with Crippen molar-refractivity contribution in [3.63, 3.8) is 0 Å². The molecule has 0 bridgehead atoms. The normalized spacial score (nSPS) is 25.3. The average Bonchev–Trinajstić information content (AvgIpc) is 2.81. The van der Waals surface area contributed by atoms with Gasteiger partial charge in [0.25, 0.3) is 0 Å². The van der Waals surface area contributed by atoms with Crippen molar-refractivity contribution in [1.82, 2.24) is 9.55 Å². The molecule has 1 aliphatic heterocycles. The molecule has 2 heterocycles. The van der Waals surface area contributed by atoms with Gasteiger partial charge in [-0.1, -0.05) is 12.2 Å². The molecule has 0 spiro atoms. The molecule has 0 saturated carbocycles. The summed E-state index contributed by atoms with van der Waals surface area (Å²) in [4.78, 5) is 15.4. The van der Waals surface area contributed by atoms with Crippen molar-refractivity contribution in [2.45, 2.75) is 37.5 Å². The first kappa shape index (κ1) is 17.4. The minimum absolute atomic E-state index is 0.0441. The molecule has 1 aliphatic rings. The number of halogens is 3. The third-order valence-corrected chi connectivity index (χ3v) is 3.35. The highest BCUT2D eigenvalue weighted by Gasteiger charge is 2.35. The minimum Gasteiger partial charge on any atom is -0.394 e. The number of alkyl halides is 3. The first-order valence-electron chi connectivity index (χ1n) is 6.77. The van der Waals surface area contributed by atoms with Crippen LogP contribution in [-0.2, 0) is 4.74 Å². The van der Waals surface area contributed by atoms with Crippen LogP contribution in [0.15, 0.2) is 17.1 Å². The molecule has 1 aromatic rings. The predicted molar refractivity (Wildman–Crippen MR) is 74.2 cm³/mol. The van der Waals surface area contributed by atoms with E-state index in [1.165, 1.54) is 6.20 Å². The van der Waals surface area contributed by atoms with Gasteiger partial charge in [-0.05, 0) is 0 Å². The summed E-state index contributed by atoms with van der Waals surface area (Å²) in [5.74, 6) is -0.207. The van der Waals surface area contributed by atoms with Gasteiger partial charge in [0, 0.05) is 18.2 Å². The van der Waals surface area contributed by atoms with Gasteiger partial charge in [-0.15, -0.1) is 0 Å². The van der Waals surface area contributed by atoms with Crippen molar-refractivity contribution in [2.75, 3.05) is 12.3 Å². The fraction of sp³-hybridized carbons (Fsp3) is 0.538. The lowest BCUT2D eigenvalue weighted by Crippen LogP contribution is -2.28. The van der Waals surface area contributed by atoms with E-state index in [0.717, 1.165) is 16.7 Å². The third kappa shape index (κ3) is 4.30. The molecule has 1 fully saturated rings. The Bertz CT molecular complexity index is 644. The van der Waals surface area contributed by atoms with Gasteiger partial charge in [-0.25, -0.2) is 4.79 Å². The maximum atomic E-state index is 12.1. The van der Waals surface area contributed by atoms with Gasteiger partial charge in [0.1, 0.15) is 18.1 Å². The molecule has 1 aromatic heterocycles. The molecule has 0 amide bonds. The molecule has 23 heavy (non-hydrogen) atoms. The van der Waals surface area contributed by atoms with E-state index in [4.69, 9.17) is 15.6 Å². The topological polar surface area (TPSA) is 111 Å². The van der Waals surface area contributed by atoms with Crippen LogP contribution in [0.2, 0.25) is 0 Å². The number of nitrogen functional groups attached to an aromatic ring is 1. The molecular formula is C13H16F3N3O4. The number of nitrogens with zero attached hydrogens (tertiary/aromatic N) is 2. The second-order valence-corrected chi connectivity index (χ2v) is 5.11. The van der Waals surface area contributed by atoms with Gasteiger partial charge in [0.05, 0.1) is 19.1 Å². The molecule has 0 unspecified atom stereocenters. The smallest absolute Gasteiger partial charge is 0.392 e. The van der Waals surface area contributed by atoms with Gasteiger partial charge in [-0.3, -0.25) is 4.57 Å². The van der Waals surface area contributed by atoms with Crippen LogP contribution in [0.5, 0.6) is 0 Å². The van der Waals surface area contributed by atoms with Gasteiger partial charge >= 0.3 is 11.9 Å². The molecule has 0 radical (unpaired) electrons. The Kier molecular flexibility index (Phi) is 5.07. The van der Waals surface area contributed by atoms with Crippen molar-refractivity contribution in [3.8, 4) is 0 Å². The van der Waals surface area contributed by atoms with E-state index in [9.17, 15) is 23.1 Å². The Labute approximate surface area is 128 Å². The lowest BCUT2D eigenvalue weighted by Gasteiger charge is -2.15. The van der Waals surface area contributed by atoms with E-state index in [0.29, 0.717) is 0 Å². The van der Waals surface area contributed by atoms with Crippen molar-refractivity contribution in [3.05, 3.63) is 28.3 Å². The number of allylic oxidation sites excluding steroid dienone is 1. The predicted octanol–water partition coefficient (Wildman–Crippen LogP) is 0.432. The van der Waals surface area contributed by atoms with Crippen LogP contribution >= 0.6 is 0 Å². The fourth-order valence-corrected chi connectivity index (χ4v) is 2.20. The zero-order valence-electron chi connectivity index (χ0n) is 11.9. The number of ether oxygens (including phenoxy) is 1. The van der Waals surface area contributed by atoms with Crippen molar-refractivity contribution >= 4 is 11.9 Å². The number of aliphatic hydroxyl groups excluding tert-OH is 2. The quantitative estimate of drug-likeness (QED) is 0.736. The van der Waals surface area contributed by atoms with Crippen LogP contribution in [0.25, 0.3) is 6.08 Å². The van der Waals surface area contributed by atoms with Gasteiger partial charge in [-0.2, -0.15) is 18.2 Å². The Hall–Kier alpha value is -1.91. The third-order valence-electron chi connectivity index (χ3n) is 3.35. The van der Waals surface area contributed by atoms with Crippen molar-refractivity contribution < 1.29 is 28.1 Å². The molecular weight excluding hydrogens is 319 g/mol. The van der Waals surface area contributed by atoms with Crippen molar-refractivity contribution in [1.29, 1.82) is 0 Å². The van der Waals surface area contributed by atoms with Crippen LogP contribution in [0.3, 0.4) is 0 Å². The zero-order chi connectivity index (χ0) is 17.2. The maximum absolute atomic E-state index is 12.1. The number of anilines is 1. The molecule has 7 nitrogen and oxygen atoms in total. The van der Waals surface area contributed by atoms with Crippen LogP contribution in [0.4, 0.5) is 19.0 Å². The fourth-order valence-electron chi connectivity index (χ4n) is 2.20. The molecule has 0 aliphatic carbocycles. The molecule has 3 atom stereocenters. The number of rotatable bonds is 4. The Morgan fingerprint density at radius 3 is 2.78 bits per heavy atom. The SMILES string of the molecule is Nc1nc(=O)n([C@H]2C[C@H](O)[C@@H](CO)O2)cc1/C=C/CC(F)(F)F. The standard InChI is InChI=1S/C13H16F3N3O4/c14-13(15,16)3-1-2-7-5-19(12(22)18-11(7)17)10-4-8(21)9(6-20)23-10/h1-2,5,8-10,20-21H,3-4,6H2,(H2,17,18,22)/b2-1+/t8-,9+,10+/m0/s1. The second kappa shape index (κ2) is 6.69. The highest BCUT2D eigenvalue weighted by molar-refractivity contribution is 5.59. The van der Waals surface area contributed by atoms with Gasteiger partial charge < -0.3 is 20.7 Å². The Morgan fingerprint density at radius 2 is 2.22 bits per heavy atom.